The molecule has 1 unspecified atom stereocenters. The SMILES string of the molecule is O=C(O)CCCNC(=O)C1CC(=O)N(Cc2ccccc2)C1. The number of benzene rings is 1. The minimum Gasteiger partial charge on any atom is -0.481 e. The Labute approximate surface area is 129 Å². The molecule has 0 aliphatic carbocycles. The molecule has 1 heterocycles. The molecule has 1 aromatic carbocycles. The minimum absolute atomic E-state index is 0.0189. The highest BCUT2D eigenvalue weighted by Gasteiger charge is 2.33. The van der Waals surface area contributed by atoms with Gasteiger partial charge in [-0.1, -0.05) is 30.3 Å². The summed E-state index contributed by atoms with van der Waals surface area (Å²) in [6.45, 7) is 1.26. The van der Waals surface area contributed by atoms with Crippen LogP contribution in [0.15, 0.2) is 30.3 Å². The number of amides is 2. The van der Waals surface area contributed by atoms with E-state index >= 15 is 0 Å². The second kappa shape index (κ2) is 7.59. The second-order valence-corrected chi connectivity index (χ2v) is 5.45. The molecule has 1 fully saturated rings. The Morgan fingerprint density at radius 2 is 2.00 bits per heavy atom. The van der Waals surface area contributed by atoms with E-state index in [0.717, 1.165) is 5.56 Å². The summed E-state index contributed by atoms with van der Waals surface area (Å²) in [4.78, 5) is 36.1. The third kappa shape index (κ3) is 4.58. The van der Waals surface area contributed by atoms with Crippen LogP contribution in [0.25, 0.3) is 0 Å². The Morgan fingerprint density at radius 1 is 1.27 bits per heavy atom. The first kappa shape index (κ1) is 16.0. The Morgan fingerprint density at radius 3 is 2.68 bits per heavy atom. The molecule has 1 saturated heterocycles. The summed E-state index contributed by atoms with van der Waals surface area (Å²) in [6, 6.07) is 9.66. The molecule has 118 valence electrons. The largest absolute Gasteiger partial charge is 0.481 e. The molecule has 1 aromatic rings. The zero-order valence-corrected chi connectivity index (χ0v) is 12.3. The minimum atomic E-state index is -0.876. The van der Waals surface area contributed by atoms with Crippen molar-refractivity contribution < 1.29 is 19.5 Å². The molecule has 1 aliphatic heterocycles. The van der Waals surface area contributed by atoms with Gasteiger partial charge in [-0.15, -0.1) is 0 Å². The van der Waals surface area contributed by atoms with Crippen LogP contribution >= 0.6 is 0 Å². The van der Waals surface area contributed by atoms with Crippen molar-refractivity contribution in [3.8, 4) is 0 Å². The average Bonchev–Trinajstić information content (AvgIpc) is 2.85. The van der Waals surface area contributed by atoms with Gasteiger partial charge in [-0.3, -0.25) is 14.4 Å². The van der Waals surface area contributed by atoms with Gasteiger partial charge in [0.15, 0.2) is 0 Å². The van der Waals surface area contributed by atoms with Crippen molar-refractivity contribution in [2.75, 3.05) is 13.1 Å². The molecule has 0 saturated carbocycles. The van der Waals surface area contributed by atoms with Gasteiger partial charge in [-0.05, 0) is 12.0 Å². The van der Waals surface area contributed by atoms with Gasteiger partial charge in [0.25, 0.3) is 0 Å². The van der Waals surface area contributed by atoms with Crippen molar-refractivity contribution in [3.63, 3.8) is 0 Å². The summed E-state index contributed by atoms with van der Waals surface area (Å²) in [5, 5.41) is 11.2. The van der Waals surface area contributed by atoms with E-state index in [1.165, 1.54) is 0 Å². The molecule has 6 heteroatoms. The standard InChI is InChI=1S/C16H20N2O4/c19-14-9-13(16(22)17-8-4-7-15(20)21)11-18(14)10-12-5-2-1-3-6-12/h1-3,5-6,13H,4,7-11H2,(H,17,22)(H,20,21). The fourth-order valence-corrected chi connectivity index (χ4v) is 2.50. The highest BCUT2D eigenvalue weighted by molar-refractivity contribution is 5.89. The molecule has 0 aromatic heterocycles. The fraction of sp³-hybridized carbons (Fsp3) is 0.438. The van der Waals surface area contributed by atoms with Crippen molar-refractivity contribution in [3.05, 3.63) is 35.9 Å². The Kier molecular flexibility index (Phi) is 5.52. The fourth-order valence-electron chi connectivity index (χ4n) is 2.50. The lowest BCUT2D eigenvalue weighted by Crippen LogP contribution is -2.33. The molecule has 1 atom stereocenters. The Balaban J connectivity index is 1.78. The van der Waals surface area contributed by atoms with Crippen LogP contribution in [0.3, 0.4) is 0 Å². The van der Waals surface area contributed by atoms with Crippen LogP contribution < -0.4 is 5.32 Å². The van der Waals surface area contributed by atoms with Crippen LogP contribution in [-0.2, 0) is 20.9 Å². The third-order valence-electron chi connectivity index (χ3n) is 3.67. The van der Waals surface area contributed by atoms with Crippen molar-refractivity contribution in [1.29, 1.82) is 0 Å². The van der Waals surface area contributed by atoms with Crippen molar-refractivity contribution >= 4 is 17.8 Å². The van der Waals surface area contributed by atoms with Crippen LogP contribution in [0.1, 0.15) is 24.8 Å². The number of nitrogens with one attached hydrogen (secondary N) is 1. The number of carboxylic acid groups (broad SMARTS) is 1. The lowest BCUT2D eigenvalue weighted by molar-refractivity contribution is -0.137. The Bertz CT molecular complexity index is 544. The van der Waals surface area contributed by atoms with Gasteiger partial charge in [-0.2, -0.15) is 0 Å². The van der Waals surface area contributed by atoms with Crippen LogP contribution in [0.5, 0.6) is 0 Å². The van der Waals surface area contributed by atoms with Crippen LogP contribution in [0.4, 0.5) is 0 Å². The third-order valence-corrected chi connectivity index (χ3v) is 3.67. The topological polar surface area (TPSA) is 86.7 Å². The molecule has 2 amide bonds. The van der Waals surface area contributed by atoms with Crippen molar-refractivity contribution in [2.24, 2.45) is 5.92 Å². The highest BCUT2D eigenvalue weighted by atomic mass is 16.4. The number of hydrogen-bond donors (Lipinski definition) is 2. The summed E-state index contributed by atoms with van der Waals surface area (Å²) in [7, 11) is 0. The summed E-state index contributed by atoms with van der Waals surface area (Å²) in [6.07, 6.45) is 0.650. The van der Waals surface area contributed by atoms with E-state index in [2.05, 4.69) is 5.32 Å². The van der Waals surface area contributed by atoms with Gasteiger partial charge in [0.2, 0.25) is 11.8 Å². The molecule has 0 bridgehead atoms. The van der Waals surface area contributed by atoms with Crippen LogP contribution in [-0.4, -0.2) is 40.9 Å². The maximum absolute atomic E-state index is 12.0. The van der Waals surface area contributed by atoms with Gasteiger partial charge in [0.1, 0.15) is 0 Å². The van der Waals surface area contributed by atoms with Gasteiger partial charge < -0.3 is 15.3 Å². The number of carboxylic acids is 1. The van der Waals surface area contributed by atoms with Gasteiger partial charge >= 0.3 is 5.97 Å². The predicted molar refractivity (Wildman–Crippen MR) is 79.8 cm³/mol. The summed E-state index contributed by atoms with van der Waals surface area (Å²) < 4.78 is 0. The zero-order chi connectivity index (χ0) is 15.9. The molecule has 22 heavy (non-hydrogen) atoms. The van der Waals surface area contributed by atoms with Crippen molar-refractivity contribution in [2.45, 2.75) is 25.8 Å². The number of rotatable bonds is 7. The van der Waals surface area contributed by atoms with Gasteiger partial charge in [0.05, 0.1) is 5.92 Å². The summed E-state index contributed by atoms with van der Waals surface area (Å²) in [5.41, 5.74) is 1.04. The highest BCUT2D eigenvalue weighted by Crippen LogP contribution is 2.20. The smallest absolute Gasteiger partial charge is 0.303 e. The van der Waals surface area contributed by atoms with Crippen molar-refractivity contribution in [1.82, 2.24) is 10.2 Å². The second-order valence-electron chi connectivity index (χ2n) is 5.45. The average molecular weight is 304 g/mol. The lowest BCUT2D eigenvalue weighted by atomic mass is 10.1. The van der Waals surface area contributed by atoms with Crippen LogP contribution in [0.2, 0.25) is 0 Å². The Hall–Kier alpha value is -2.37. The molecule has 0 radical (unpaired) electrons. The van der Waals surface area contributed by atoms with E-state index < -0.39 is 5.97 Å². The van der Waals surface area contributed by atoms with E-state index in [4.69, 9.17) is 5.11 Å². The summed E-state index contributed by atoms with van der Waals surface area (Å²) >= 11 is 0. The van der Waals surface area contributed by atoms with E-state index in [-0.39, 0.29) is 30.6 Å². The lowest BCUT2D eigenvalue weighted by Gasteiger charge is -2.16. The number of nitrogens with zero attached hydrogens (tertiary/aromatic N) is 1. The number of carbonyl (C=O) groups is 3. The predicted octanol–water partition coefficient (Wildman–Crippen LogP) is 1.02. The number of likely N-dealkylation sites (tertiary alicyclic amines) is 1. The molecule has 2 N–H and O–H groups in total. The quantitative estimate of drug-likeness (QED) is 0.736. The van der Waals surface area contributed by atoms with E-state index in [1.54, 1.807) is 4.90 Å². The summed E-state index contributed by atoms with van der Waals surface area (Å²) in [5.74, 6) is -1.41. The monoisotopic (exact) mass is 304 g/mol. The molecule has 1 aliphatic rings. The molecule has 2 rings (SSSR count). The zero-order valence-electron chi connectivity index (χ0n) is 12.3. The van der Waals surface area contributed by atoms with E-state index in [1.807, 2.05) is 30.3 Å². The van der Waals surface area contributed by atoms with Gasteiger partial charge in [-0.25, -0.2) is 0 Å². The number of hydrogen-bond acceptors (Lipinski definition) is 3. The first-order chi connectivity index (χ1) is 10.6. The number of aliphatic carboxylic acids is 1. The van der Waals surface area contributed by atoms with E-state index in [0.29, 0.717) is 26.1 Å². The first-order valence-corrected chi connectivity index (χ1v) is 7.37. The molecule has 6 nitrogen and oxygen atoms in total. The maximum atomic E-state index is 12.0. The normalized spacial score (nSPS) is 17.5. The van der Waals surface area contributed by atoms with Crippen LogP contribution in [0, 0.1) is 5.92 Å². The number of carbonyl (C=O) groups excluding carboxylic acids is 2. The van der Waals surface area contributed by atoms with Gasteiger partial charge in [0, 0.05) is 32.5 Å². The first-order valence-electron chi connectivity index (χ1n) is 7.37. The molecule has 0 spiro atoms. The van der Waals surface area contributed by atoms with E-state index in [9.17, 15) is 14.4 Å². The molecular formula is C16H20N2O4. The maximum Gasteiger partial charge on any atom is 0.303 e. The molecular weight excluding hydrogens is 284 g/mol.